The Morgan fingerprint density at radius 2 is 2.21 bits per heavy atom. The second-order valence-electron chi connectivity index (χ2n) is 6.19. The van der Waals surface area contributed by atoms with Gasteiger partial charge >= 0.3 is 0 Å². The number of methoxy groups -OCH3 is 1. The van der Waals surface area contributed by atoms with E-state index in [-0.39, 0.29) is 17.2 Å². The lowest BCUT2D eigenvalue weighted by Gasteiger charge is -2.42. The molecule has 0 bridgehead atoms. The Balaban J connectivity index is 2.27. The normalized spacial score (nSPS) is 26.7. The average molecular weight is 284 g/mol. The van der Waals surface area contributed by atoms with Crippen molar-refractivity contribution in [3.8, 4) is 5.75 Å². The maximum Gasteiger partial charge on any atom is 0.125 e. The highest BCUT2D eigenvalue weighted by molar-refractivity contribution is 6.30. The first-order valence-corrected chi connectivity index (χ1v) is 6.92. The van der Waals surface area contributed by atoms with E-state index in [0.29, 0.717) is 5.02 Å². The Bertz CT molecular complexity index is 475. The van der Waals surface area contributed by atoms with Crippen LogP contribution in [0.3, 0.4) is 0 Å². The molecule has 0 spiro atoms. The lowest BCUT2D eigenvalue weighted by Crippen LogP contribution is -2.45. The molecule has 2 atom stereocenters. The highest BCUT2D eigenvalue weighted by Gasteiger charge is 2.40. The minimum Gasteiger partial charge on any atom is -0.487 e. The molecule has 0 aromatic heterocycles. The lowest BCUT2D eigenvalue weighted by atomic mass is 9.82. The van der Waals surface area contributed by atoms with E-state index < -0.39 is 0 Å². The van der Waals surface area contributed by atoms with E-state index in [9.17, 15) is 0 Å². The average Bonchev–Trinajstić information content (AvgIpc) is 2.29. The maximum atomic E-state index is 6.27. The van der Waals surface area contributed by atoms with E-state index in [2.05, 4.69) is 20.8 Å². The highest BCUT2D eigenvalue weighted by atomic mass is 35.5. The van der Waals surface area contributed by atoms with Gasteiger partial charge in [-0.2, -0.15) is 0 Å². The van der Waals surface area contributed by atoms with Crippen LogP contribution in [0, 0.1) is 0 Å². The van der Waals surface area contributed by atoms with Gasteiger partial charge in [0, 0.05) is 36.6 Å². The van der Waals surface area contributed by atoms with E-state index in [1.807, 2.05) is 18.2 Å². The Morgan fingerprint density at radius 1 is 1.53 bits per heavy atom. The van der Waals surface area contributed by atoms with Crippen molar-refractivity contribution in [2.45, 2.75) is 50.9 Å². The molecule has 0 fully saturated rings. The van der Waals surface area contributed by atoms with Gasteiger partial charge in [-0.15, -0.1) is 0 Å². The molecule has 2 rings (SSSR count). The highest BCUT2D eigenvalue weighted by Crippen LogP contribution is 2.42. The molecule has 4 heteroatoms. The van der Waals surface area contributed by atoms with Gasteiger partial charge in [-0.1, -0.05) is 11.6 Å². The molecule has 2 N–H and O–H groups in total. The summed E-state index contributed by atoms with van der Waals surface area (Å²) in [5.41, 5.74) is 6.70. The third-order valence-corrected chi connectivity index (χ3v) is 3.97. The van der Waals surface area contributed by atoms with Gasteiger partial charge in [0.15, 0.2) is 0 Å². The van der Waals surface area contributed by atoms with Crippen LogP contribution in [-0.2, 0) is 4.74 Å². The summed E-state index contributed by atoms with van der Waals surface area (Å²) in [4.78, 5) is 0. The van der Waals surface area contributed by atoms with Crippen molar-refractivity contribution in [2.24, 2.45) is 5.73 Å². The zero-order valence-corrected chi connectivity index (χ0v) is 12.8. The van der Waals surface area contributed by atoms with Crippen LogP contribution in [0.4, 0.5) is 0 Å². The fourth-order valence-corrected chi connectivity index (χ4v) is 3.05. The predicted octanol–water partition coefficient (Wildman–Crippen LogP) is 3.70. The largest absolute Gasteiger partial charge is 0.487 e. The number of ether oxygens (including phenoxy) is 2. The molecule has 0 aliphatic carbocycles. The molecule has 106 valence electrons. The molecule has 3 nitrogen and oxygen atoms in total. The fraction of sp³-hybridized carbons (Fsp3) is 0.600. The second-order valence-corrected chi connectivity index (χ2v) is 6.62. The van der Waals surface area contributed by atoms with Crippen LogP contribution < -0.4 is 10.5 Å². The Labute approximate surface area is 120 Å². The van der Waals surface area contributed by atoms with Crippen LogP contribution >= 0.6 is 11.6 Å². The summed E-state index contributed by atoms with van der Waals surface area (Å²) >= 11 is 6.01. The third-order valence-electron chi connectivity index (χ3n) is 3.73. The van der Waals surface area contributed by atoms with Crippen molar-refractivity contribution < 1.29 is 9.47 Å². The molecule has 0 amide bonds. The minimum atomic E-state index is -0.320. The number of hydrogen-bond acceptors (Lipinski definition) is 3. The lowest BCUT2D eigenvalue weighted by molar-refractivity contribution is -0.0580. The number of hydrogen-bond donors (Lipinski definition) is 1. The number of fused-ring (bicyclic) bond motifs is 1. The molecular formula is C15H22ClNO2. The molecule has 19 heavy (non-hydrogen) atoms. The van der Waals surface area contributed by atoms with E-state index >= 15 is 0 Å². The summed E-state index contributed by atoms with van der Waals surface area (Å²) in [6.07, 6.45) is 1.54. The quantitative estimate of drug-likeness (QED) is 0.920. The first-order chi connectivity index (χ1) is 8.75. The van der Waals surface area contributed by atoms with Gasteiger partial charge in [-0.05, 0) is 39.0 Å². The Hall–Kier alpha value is -0.770. The first kappa shape index (κ1) is 14.6. The van der Waals surface area contributed by atoms with Crippen LogP contribution in [0.1, 0.15) is 45.2 Å². The monoisotopic (exact) mass is 283 g/mol. The van der Waals surface area contributed by atoms with E-state index in [4.69, 9.17) is 26.8 Å². The van der Waals surface area contributed by atoms with E-state index in [0.717, 1.165) is 24.2 Å². The molecule has 1 heterocycles. The first-order valence-electron chi connectivity index (χ1n) is 6.54. The van der Waals surface area contributed by atoms with Gasteiger partial charge in [0.1, 0.15) is 11.4 Å². The summed E-state index contributed by atoms with van der Waals surface area (Å²) in [7, 11) is 1.72. The molecule has 1 aromatic rings. The molecular weight excluding hydrogens is 262 g/mol. The van der Waals surface area contributed by atoms with E-state index in [1.165, 1.54) is 0 Å². The smallest absolute Gasteiger partial charge is 0.125 e. The molecule has 1 aromatic carbocycles. The topological polar surface area (TPSA) is 44.5 Å². The molecule has 0 saturated heterocycles. The van der Waals surface area contributed by atoms with Gasteiger partial charge in [-0.3, -0.25) is 0 Å². The second kappa shape index (κ2) is 4.97. The van der Waals surface area contributed by atoms with Crippen LogP contribution in [0.15, 0.2) is 18.2 Å². The van der Waals surface area contributed by atoms with Crippen LogP contribution in [0.25, 0.3) is 0 Å². The van der Waals surface area contributed by atoms with Crippen molar-refractivity contribution >= 4 is 11.6 Å². The molecule has 1 aliphatic rings. The van der Waals surface area contributed by atoms with Crippen molar-refractivity contribution in [3.05, 3.63) is 28.8 Å². The van der Waals surface area contributed by atoms with Gasteiger partial charge in [-0.25, -0.2) is 0 Å². The fourth-order valence-electron chi connectivity index (χ4n) is 2.87. The standard InChI is InChI=1S/C15H22ClNO2/c1-14(2,18-4)9-15(3)8-12(17)11-7-10(16)5-6-13(11)19-15/h5-7,12H,8-9,17H2,1-4H3/t12-,15?/m0/s1. The number of benzene rings is 1. The number of halogens is 1. The third kappa shape index (κ3) is 3.22. The van der Waals surface area contributed by atoms with Gasteiger partial charge in [0.05, 0.1) is 5.60 Å². The van der Waals surface area contributed by atoms with Crippen molar-refractivity contribution in [2.75, 3.05) is 7.11 Å². The summed E-state index contributed by atoms with van der Waals surface area (Å²) < 4.78 is 11.7. The number of nitrogens with two attached hydrogens (primary N) is 1. The molecule has 0 radical (unpaired) electrons. The van der Waals surface area contributed by atoms with Crippen molar-refractivity contribution in [3.63, 3.8) is 0 Å². The Morgan fingerprint density at radius 3 is 2.84 bits per heavy atom. The molecule has 0 saturated carbocycles. The number of rotatable bonds is 3. The maximum absolute atomic E-state index is 6.27. The summed E-state index contributed by atoms with van der Waals surface area (Å²) in [5, 5.41) is 0.693. The molecule has 1 unspecified atom stereocenters. The summed E-state index contributed by atoms with van der Waals surface area (Å²) in [6, 6.07) is 5.57. The molecule has 1 aliphatic heterocycles. The summed E-state index contributed by atoms with van der Waals surface area (Å²) in [5.74, 6) is 0.831. The minimum absolute atomic E-state index is 0.0555. The van der Waals surface area contributed by atoms with E-state index in [1.54, 1.807) is 7.11 Å². The van der Waals surface area contributed by atoms with Gasteiger partial charge in [0.2, 0.25) is 0 Å². The van der Waals surface area contributed by atoms with Crippen molar-refractivity contribution in [1.29, 1.82) is 0 Å². The summed E-state index contributed by atoms with van der Waals surface area (Å²) in [6.45, 7) is 6.21. The van der Waals surface area contributed by atoms with Crippen LogP contribution in [0.5, 0.6) is 5.75 Å². The van der Waals surface area contributed by atoms with Crippen LogP contribution in [-0.4, -0.2) is 18.3 Å². The van der Waals surface area contributed by atoms with Crippen molar-refractivity contribution in [1.82, 2.24) is 0 Å². The predicted molar refractivity (Wildman–Crippen MR) is 77.7 cm³/mol. The zero-order chi connectivity index (χ0) is 14.3. The Kier molecular flexibility index (Phi) is 3.83. The zero-order valence-electron chi connectivity index (χ0n) is 12.0. The van der Waals surface area contributed by atoms with Crippen LogP contribution in [0.2, 0.25) is 5.02 Å². The van der Waals surface area contributed by atoms with Gasteiger partial charge < -0.3 is 15.2 Å². The van der Waals surface area contributed by atoms with Gasteiger partial charge in [0.25, 0.3) is 0 Å². The SMILES string of the molecule is COC(C)(C)CC1(C)C[C@H](N)c2cc(Cl)ccc2O1.